The zero-order valence-electron chi connectivity index (χ0n) is 25.3. The molecule has 3 heterocycles. The van der Waals surface area contributed by atoms with Crippen molar-refractivity contribution in [2.45, 2.75) is 63.6 Å². The van der Waals surface area contributed by atoms with Crippen molar-refractivity contribution in [3.8, 4) is 17.0 Å². The first-order valence-electron chi connectivity index (χ1n) is 16.1. The van der Waals surface area contributed by atoms with Crippen LogP contribution in [0.25, 0.3) is 11.3 Å². The molecule has 3 fully saturated rings. The summed E-state index contributed by atoms with van der Waals surface area (Å²) >= 11 is 0. The smallest absolute Gasteiger partial charge is 0.329 e. The third-order valence-electron chi connectivity index (χ3n) is 9.16. The number of benzene rings is 2. The molecule has 0 radical (unpaired) electrons. The average molecular weight is 602 g/mol. The van der Waals surface area contributed by atoms with Crippen LogP contribution in [-0.2, 0) is 11.3 Å². The van der Waals surface area contributed by atoms with E-state index in [2.05, 4.69) is 5.32 Å². The molecule has 0 bridgehead atoms. The fourth-order valence-electron chi connectivity index (χ4n) is 6.81. The van der Waals surface area contributed by atoms with Crippen molar-refractivity contribution in [2.75, 3.05) is 45.9 Å². The molecule has 2 amide bonds. The number of carbonyl (C=O) groups excluding carboxylic acids is 2. The van der Waals surface area contributed by atoms with Crippen molar-refractivity contribution in [1.29, 1.82) is 0 Å². The lowest BCUT2D eigenvalue weighted by Gasteiger charge is -2.30. The van der Waals surface area contributed by atoms with Crippen LogP contribution in [0.4, 0.5) is 0 Å². The Morgan fingerprint density at radius 2 is 1.61 bits per heavy atom. The zero-order chi connectivity index (χ0) is 30.5. The molecule has 1 unspecified atom stereocenters. The molecule has 1 saturated carbocycles. The fourth-order valence-corrected chi connectivity index (χ4v) is 6.81. The standard InChI is InChI=1S/C34H43N5O5/c40-29-15-6-5-14-28(29)39-31(26-11-3-1-4-12-26)32(33(42)37-20-16-35-17-21-37)38(34(39)43)23-25-10-9-13-27(22-25)44-24-30(41)36-18-7-2-8-19-36/h1,3-4,9-13,22,28-29,35,40H,2,5-8,14-21,23-24H2/t28?,29-/m1/s1. The number of amides is 2. The molecule has 3 aliphatic rings. The van der Waals surface area contributed by atoms with Crippen LogP contribution in [-0.4, -0.2) is 87.8 Å². The second-order valence-electron chi connectivity index (χ2n) is 12.1. The maximum absolute atomic E-state index is 14.4. The SMILES string of the molecule is O=C(COc1cccc(Cn2c(C(=O)N3CCNCC3)c(-c3ccccc3)n(C3CCCC[C@H]3O)c2=O)c1)N1CCCCC1. The highest BCUT2D eigenvalue weighted by Crippen LogP contribution is 2.34. The Morgan fingerprint density at radius 3 is 2.36 bits per heavy atom. The van der Waals surface area contributed by atoms with Crippen LogP contribution in [0.5, 0.6) is 5.75 Å². The van der Waals surface area contributed by atoms with Crippen LogP contribution in [0.15, 0.2) is 59.4 Å². The average Bonchev–Trinajstić information content (AvgIpc) is 3.35. The van der Waals surface area contributed by atoms with E-state index < -0.39 is 12.1 Å². The Labute approximate surface area is 258 Å². The minimum absolute atomic E-state index is 0.0224. The van der Waals surface area contributed by atoms with Crippen molar-refractivity contribution < 1.29 is 19.4 Å². The minimum atomic E-state index is -0.670. The van der Waals surface area contributed by atoms with Gasteiger partial charge in [0, 0.05) is 44.8 Å². The van der Waals surface area contributed by atoms with Gasteiger partial charge in [-0.3, -0.25) is 18.7 Å². The molecular weight excluding hydrogens is 558 g/mol. The van der Waals surface area contributed by atoms with E-state index >= 15 is 0 Å². The molecular formula is C34H43N5O5. The number of likely N-dealkylation sites (tertiary alicyclic amines) is 1. The number of aliphatic hydroxyl groups is 1. The second-order valence-corrected chi connectivity index (χ2v) is 12.1. The number of hydrogen-bond donors (Lipinski definition) is 2. The van der Waals surface area contributed by atoms with Crippen LogP contribution < -0.4 is 15.7 Å². The van der Waals surface area contributed by atoms with Gasteiger partial charge >= 0.3 is 5.69 Å². The Hall–Kier alpha value is -3.89. The first kappa shape index (κ1) is 30.1. The molecule has 2 aromatic carbocycles. The predicted molar refractivity (Wildman–Crippen MR) is 168 cm³/mol. The van der Waals surface area contributed by atoms with E-state index in [1.165, 1.54) is 0 Å². The number of ether oxygens (including phenoxy) is 1. The number of hydrogen-bond acceptors (Lipinski definition) is 6. The lowest BCUT2D eigenvalue weighted by molar-refractivity contribution is -0.134. The molecule has 2 aliphatic heterocycles. The van der Waals surface area contributed by atoms with Crippen LogP contribution in [0.2, 0.25) is 0 Å². The number of piperidine rings is 1. The minimum Gasteiger partial charge on any atom is -0.484 e. The number of rotatable bonds is 8. The van der Waals surface area contributed by atoms with Gasteiger partial charge in [0.15, 0.2) is 6.61 Å². The highest BCUT2D eigenvalue weighted by Gasteiger charge is 2.35. The van der Waals surface area contributed by atoms with Gasteiger partial charge in [-0.2, -0.15) is 0 Å². The number of nitrogens with one attached hydrogen (secondary N) is 1. The van der Waals surface area contributed by atoms with E-state index in [9.17, 15) is 19.5 Å². The summed E-state index contributed by atoms with van der Waals surface area (Å²) in [5, 5.41) is 14.4. The van der Waals surface area contributed by atoms with Crippen LogP contribution >= 0.6 is 0 Å². The van der Waals surface area contributed by atoms with E-state index in [0.717, 1.165) is 56.3 Å². The molecule has 234 valence electrons. The lowest BCUT2D eigenvalue weighted by Crippen LogP contribution is -2.47. The van der Waals surface area contributed by atoms with Crippen molar-refractivity contribution in [3.63, 3.8) is 0 Å². The summed E-state index contributed by atoms with van der Waals surface area (Å²) in [5.41, 5.74) is 2.15. The number of aromatic nitrogens is 2. The third-order valence-corrected chi connectivity index (χ3v) is 9.16. The lowest BCUT2D eigenvalue weighted by atomic mass is 9.92. The molecule has 10 heteroatoms. The summed E-state index contributed by atoms with van der Waals surface area (Å²) < 4.78 is 9.17. The van der Waals surface area contributed by atoms with Crippen LogP contribution in [0, 0.1) is 0 Å². The van der Waals surface area contributed by atoms with Crippen LogP contribution in [0.3, 0.4) is 0 Å². The predicted octanol–water partition coefficient (Wildman–Crippen LogP) is 3.28. The number of nitrogens with zero attached hydrogens (tertiary/aromatic N) is 4. The van der Waals surface area contributed by atoms with Gasteiger partial charge in [0.2, 0.25) is 0 Å². The number of piperazine rings is 1. The number of carbonyl (C=O) groups is 2. The van der Waals surface area contributed by atoms with Gasteiger partial charge in [-0.25, -0.2) is 4.79 Å². The third kappa shape index (κ3) is 6.46. The van der Waals surface area contributed by atoms with Crippen LogP contribution in [0.1, 0.15) is 67.0 Å². The maximum atomic E-state index is 14.4. The van der Waals surface area contributed by atoms with Gasteiger partial charge in [-0.1, -0.05) is 55.3 Å². The van der Waals surface area contributed by atoms with Gasteiger partial charge in [-0.05, 0) is 49.8 Å². The van der Waals surface area contributed by atoms with Crippen molar-refractivity contribution in [2.24, 2.45) is 0 Å². The van der Waals surface area contributed by atoms with Crippen molar-refractivity contribution in [1.82, 2.24) is 24.3 Å². The van der Waals surface area contributed by atoms with Gasteiger partial charge < -0.3 is 25.0 Å². The molecule has 2 N–H and O–H groups in total. The summed E-state index contributed by atoms with van der Waals surface area (Å²) in [4.78, 5) is 45.1. The summed E-state index contributed by atoms with van der Waals surface area (Å²) in [5.74, 6) is 0.332. The maximum Gasteiger partial charge on any atom is 0.329 e. The molecule has 6 rings (SSSR count). The molecule has 2 saturated heterocycles. The van der Waals surface area contributed by atoms with E-state index in [-0.39, 0.29) is 30.7 Å². The largest absolute Gasteiger partial charge is 0.484 e. The van der Waals surface area contributed by atoms with Gasteiger partial charge in [0.25, 0.3) is 11.8 Å². The Kier molecular flexibility index (Phi) is 9.47. The topological polar surface area (TPSA) is 109 Å². The summed E-state index contributed by atoms with van der Waals surface area (Å²) in [6.07, 6.45) is 5.63. The highest BCUT2D eigenvalue weighted by molar-refractivity contribution is 5.99. The Bertz CT molecular complexity index is 1500. The zero-order valence-corrected chi connectivity index (χ0v) is 25.3. The molecule has 1 aliphatic carbocycles. The van der Waals surface area contributed by atoms with E-state index in [1.807, 2.05) is 64.4 Å². The molecule has 0 spiro atoms. The highest BCUT2D eigenvalue weighted by atomic mass is 16.5. The first-order chi connectivity index (χ1) is 21.5. The molecule has 3 aromatic rings. The Morgan fingerprint density at radius 1 is 0.864 bits per heavy atom. The summed E-state index contributed by atoms with van der Waals surface area (Å²) in [6, 6.07) is 16.5. The molecule has 1 aromatic heterocycles. The summed E-state index contributed by atoms with van der Waals surface area (Å²) in [7, 11) is 0. The van der Waals surface area contributed by atoms with Crippen molar-refractivity contribution in [3.05, 3.63) is 76.3 Å². The van der Waals surface area contributed by atoms with E-state index in [1.54, 1.807) is 9.13 Å². The number of aliphatic hydroxyl groups excluding tert-OH is 1. The molecule has 10 nitrogen and oxygen atoms in total. The van der Waals surface area contributed by atoms with E-state index in [4.69, 9.17) is 4.74 Å². The number of imidazole rings is 1. The first-order valence-corrected chi connectivity index (χ1v) is 16.1. The van der Waals surface area contributed by atoms with Crippen molar-refractivity contribution >= 4 is 11.8 Å². The molecule has 2 atom stereocenters. The normalized spacial score (nSPS) is 20.8. The fraction of sp³-hybridized carbons (Fsp3) is 0.500. The Balaban J connectivity index is 1.38. The van der Waals surface area contributed by atoms with Gasteiger partial charge in [0.1, 0.15) is 11.4 Å². The van der Waals surface area contributed by atoms with Gasteiger partial charge in [0.05, 0.1) is 24.4 Å². The quantitative estimate of drug-likeness (QED) is 0.410. The monoisotopic (exact) mass is 601 g/mol. The van der Waals surface area contributed by atoms with E-state index in [0.29, 0.717) is 56.2 Å². The molecule has 44 heavy (non-hydrogen) atoms. The second kappa shape index (κ2) is 13.8. The van der Waals surface area contributed by atoms with Gasteiger partial charge in [-0.15, -0.1) is 0 Å². The summed E-state index contributed by atoms with van der Waals surface area (Å²) in [6.45, 7) is 4.13.